The van der Waals surface area contributed by atoms with E-state index in [2.05, 4.69) is 0 Å². The van der Waals surface area contributed by atoms with Crippen LogP contribution in [-0.2, 0) is 19.1 Å². The summed E-state index contributed by atoms with van der Waals surface area (Å²) in [6, 6.07) is 7.65. The van der Waals surface area contributed by atoms with Crippen LogP contribution in [0.1, 0.15) is 6.42 Å². The molecule has 8 heteroatoms. The molecule has 0 aromatic heterocycles. The van der Waals surface area contributed by atoms with Crippen LogP contribution in [-0.4, -0.2) is 66.4 Å². The van der Waals surface area contributed by atoms with E-state index in [9.17, 15) is 14.4 Å². The number of carbonyl (C=O) groups is 3. The molecule has 0 aliphatic carbocycles. The van der Waals surface area contributed by atoms with Gasteiger partial charge in [-0.1, -0.05) is 0 Å². The van der Waals surface area contributed by atoms with Gasteiger partial charge in [-0.15, -0.1) is 11.8 Å². The second-order valence-electron chi connectivity index (χ2n) is 6.09. The fraction of sp³-hybridized carbons (Fsp3) is 0.471. The maximum atomic E-state index is 12.7. The number of hydrogen-bond donors (Lipinski definition) is 1. The van der Waals surface area contributed by atoms with Crippen molar-refractivity contribution in [1.82, 2.24) is 4.90 Å². The van der Waals surface area contributed by atoms with Gasteiger partial charge in [0.1, 0.15) is 0 Å². The number of benzene rings is 1. The lowest BCUT2D eigenvalue weighted by molar-refractivity contribution is -0.160. The Hall–Kier alpha value is -2.06. The fourth-order valence-electron chi connectivity index (χ4n) is 3.14. The van der Waals surface area contributed by atoms with Gasteiger partial charge in [0.15, 0.2) is 6.10 Å². The van der Waals surface area contributed by atoms with Crippen LogP contribution in [0.15, 0.2) is 29.2 Å². The van der Waals surface area contributed by atoms with Gasteiger partial charge in [-0.2, -0.15) is 0 Å². The zero-order valence-electron chi connectivity index (χ0n) is 13.9. The second kappa shape index (κ2) is 7.45. The minimum Gasteiger partial charge on any atom is -0.479 e. The van der Waals surface area contributed by atoms with E-state index in [-0.39, 0.29) is 31.4 Å². The summed E-state index contributed by atoms with van der Waals surface area (Å²) in [6.07, 6.45) is 1.14. The molecule has 2 amide bonds. The van der Waals surface area contributed by atoms with Gasteiger partial charge in [-0.05, 0) is 30.5 Å². The van der Waals surface area contributed by atoms with Gasteiger partial charge in [0, 0.05) is 30.1 Å². The number of hydrogen-bond acceptors (Lipinski definition) is 5. The molecule has 0 bridgehead atoms. The maximum absolute atomic E-state index is 12.7. The molecule has 0 radical (unpaired) electrons. The lowest BCUT2D eigenvalue weighted by atomic mass is 10.1. The summed E-state index contributed by atoms with van der Waals surface area (Å²) in [5, 5.41) is 9.05. The summed E-state index contributed by atoms with van der Waals surface area (Å²) < 4.78 is 5.14. The van der Waals surface area contributed by atoms with Crippen molar-refractivity contribution in [2.75, 3.05) is 37.4 Å². The number of ether oxygens (including phenoxy) is 1. The van der Waals surface area contributed by atoms with E-state index in [1.807, 2.05) is 30.5 Å². The Bertz CT molecular complexity index is 678. The van der Waals surface area contributed by atoms with Gasteiger partial charge in [0.25, 0.3) is 0 Å². The third kappa shape index (κ3) is 3.80. The highest BCUT2D eigenvalue weighted by Crippen LogP contribution is 2.28. The summed E-state index contributed by atoms with van der Waals surface area (Å²) in [7, 11) is 0. The number of morpholine rings is 1. The molecule has 3 rings (SSSR count). The minimum absolute atomic E-state index is 0.0290. The van der Waals surface area contributed by atoms with Crippen LogP contribution in [0.25, 0.3) is 0 Å². The SMILES string of the molecule is CSc1ccc(N2CC(C(=O)N3CCOC(C(=O)O)C3)CC2=O)cc1. The van der Waals surface area contributed by atoms with Crippen LogP contribution in [0, 0.1) is 5.92 Å². The van der Waals surface area contributed by atoms with E-state index in [4.69, 9.17) is 9.84 Å². The number of carboxylic acids is 1. The normalized spacial score (nSPS) is 23.8. The molecule has 1 N–H and O–H groups in total. The number of anilines is 1. The summed E-state index contributed by atoms with van der Waals surface area (Å²) in [6.45, 7) is 0.908. The van der Waals surface area contributed by atoms with Gasteiger partial charge in [-0.3, -0.25) is 9.59 Å². The minimum atomic E-state index is -1.07. The number of rotatable bonds is 4. The smallest absolute Gasteiger partial charge is 0.334 e. The summed E-state index contributed by atoms with van der Waals surface area (Å²) in [5.41, 5.74) is 0.781. The largest absolute Gasteiger partial charge is 0.479 e. The van der Waals surface area contributed by atoms with Crippen LogP contribution in [0.3, 0.4) is 0 Å². The molecule has 2 atom stereocenters. The highest BCUT2D eigenvalue weighted by molar-refractivity contribution is 7.98. The van der Waals surface area contributed by atoms with E-state index < -0.39 is 18.0 Å². The van der Waals surface area contributed by atoms with Crippen molar-refractivity contribution in [2.45, 2.75) is 17.4 Å². The number of amides is 2. The molecule has 2 aliphatic rings. The highest BCUT2D eigenvalue weighted by atomic mass is 32.2. The molecule has 25 heavy (non-hydrogen) atoms. The Kier molecular flexibility index (Phi) is 5.29. The van der Waals surface area contributed by atoms with Crippen molar-refractivity contribution >= 4 is 35.2 Å². The number of aliphatic carboxylic acids is 1. The molecule has 134 valence electrons. The second-order valence-corrected chi connectivity index (χ2v) is 6.96. The van der Waals surface area contributed by atoms with Crippen LogP contribution in [0.4, 0.5) is 5.69 Å². The molecule has 2 saturated heterocycles. The van der Waals surface area contributed by atoms with Crippen molar-refractivity contribution in [2.24, 2.45) is 5.92 Å². The standard InChI is InChI=1S/C17H20N2O5S/c1-25-13-4-2-12(3-5-13)19-9-11(8-15(19)20)16(21)18-6-7-24-14(10-18)17(22)23/h2-5,11,14H,6-10H2,1H3,(H,22,23). The average molecular weight is 364 g/mol. The number of nitrogens with zero attached hydrogens (tertiary/aromatic N) is 2. The molecule has 1 aromatic carbocycles. The van der Waals surface area contributed by atoms with Gasteiger partial charge in [0.2, 0.25) is 11.8 Å². The summed E-state index contributed by atoms with van der Waals surface area (Å²) >= 11 is 1.62. The van der Waals surface area contributed by atoms with E-state index in [0.29, 0.717) is 13.1 Å². The van der Waals surface area contributed by atoms with E-state index in [1.54, 1.807) is 16.7 Å². The molecule has 7 nitrogen and oxygen atoms in total. The van der Waals surface area contributed by atoms with Gasteiger partial charge in [-0.25, -0.2) is 4.79 Å². The zero-order chi connectivity index (χ0) is 18.0. The van der Waals surface area contributed by atoms with Crippen molar-refractivity contribution in [3.63, 3.8) is 0 Å². The quantitative estimate of drug-likeness (QED) is 0.805. The lowest BCUT2D eigenvalue weighted by Gasteiger charge is -2.32. The molecular formula is C17H20N2O5S. The average Bonchev–Trinajstić information content (AvgIpc) is 3.03. The Morgan fingerprint density at radius 2 is 1.96 bits per heavy atom. The molecule has 0 saturated carbocycles. The van der Waals surface area contributed by atoms with Gasteiger partial charge < -0.3 is 19.6 Å². The topological polar surface area (TPSA) is 87.2 Å². The van der Waals surface area contributed by atoms with Crippen LogP contribution in [0.2, 0.25) is 0 Å². The fourth-order valence-corrected chi connectivity index (χ4v) is 3.55. The van der Waals surface area contributed by atoms with E-state index in [0.717, 1.165) is 10.6 Å². The predicted molar refractivity (Wildman–Crippen MR) is 92.6 cm³/mol. The summed E-state index contributed by atoms with van der Waals surface area (Å²) in [4.78, 5) is 40.3. The Morgan fingerprint density at radius 3 is 2.60 bits per heavy atom. The first-order valence-corrected chi connectivity index (χ1v) is 9.29. The zero-order valence-corrected chi connectivity index (χ0v) is 14.7. The molecule has 2 heterocycles. The van der Waals surface area contributed by atoms with Crippen LogP contribution < -0.4 is 4.90 Å². The van der Waals surface area contributed by atoms with Crippen molar-refractivity contribution in [3.05, 3.63) is 24.3 Å². The maximum Gasteiger partial charge on any atom is 0.334 e. The van der Waals surface area contributed by atoms with Gasteiger partial charge >= 0.3 is 5.97 Å². The Morgan fingerprint density at radius 1 is 1.24 bits per heavy atom. The van der Waals surface area contributed by atoms with Crippen molar-refractivity contribution < 1.29 is 24.2 Å². The first kappa shape index (κ1) is 17.8. The Labute approximate surface area is 149 Å². The molecule has 0 spiro atoms. The third-order valence-electron chi connectivity index (χ3n) is 4.51. The van der Waals surface area contributed by atoms with Crippen LogP contribution >= 0.6 is 11.8 Å². The molecule has 2 fully saturated rings. The number of carbonyl (C=O) groups excluding carboxylic acids is 2. The van der Waals surface area contributed by atoms with Crippen molar-refractivity contribution in [1.29, 1.82) is 0 Å². The highest BCUT2D eigenvalue weighted by Gasteiger charge is 2.39. The molecular weight excluding hydrogens is 344 g/mol. The van der Waals surface area contributed by atoms with Crippen LogP contribution in [0.5, 0.6) is 0 Å². The predicted octanol–water partition coefficient (Wildman–Crippen LogP) is 1.07. The van der Waals surface area contributed by atoms with E-state index >= 15 is 0 Å². The van der Waals surface area contributed by atoms with E-state index in [1.165, 1.54) is 4.90 Å². The number of carboxylic acid groups (broad SMARTS) is 1. The first-order chi connectivity index (χ1) is 12.0. The number of thioether (sulfide) groups is 1. The monoisotopic (exact) mass is 364 g/mol. The molecule has 2 unspecified atom stereocenters. The summed E-state index contributed by atoms with van der Waals surface area (Å²) in [5.74, 6) is -1.78. The van der Waals surface area contributed by atoms with Crippen molar-refractivity contribution in [3.8, 4) is 0 Å². The third-order valence-corrected chi connectivity index (χ3v) is 5.26. The molecule has 2 aliphatic heterocycles. The molecule has 1 aromatic rings. The Balaban J connectivity index is 1.66. The van der Waals surface area contributed by atoms with Gasteiger partial charge in [0.05, 0.1) is 19.1 Å². The first-order valence-electron chi connectivity index (χ1n) is 8.07. The lowest BCUT2D eigenvalue weighted by Crippen LogP contribution is -2.50.